The highest BCUT2D eigenvalue weighted by molar-refractivity contribution is 6.08. The second-order valence-electron chi connectivity index (χ2n) is 6.43. The van der Waals surface area contributed by atoms with Gasteiger partial charge in [-0.1, -0.05) is 11.6 Å². The summed E-state index contributed by atoms with van der Waals surface area (Å²) in [5, 5.41) is 9.57. The van der Waals surface area contributed by atoms with Crippen molar-refractivity contribution in [3.05, 3.63) is 47.3 Å². The number of carbonyl (C=O) groups is 2. The highest BCUT2D eigenvalue weighted by Crippen LogP contribution is 2.19. The molecule has 2 rings (SSSR count). The van der Waals surface area contributed by atoms with Gasteiger partial charge in [0.1, 0.15) is 0 Å². The fourth-order valence-electron chi connectivity index (χ4n) is 2.09. The molecule has 0 aliphatic carbocycles. The molecule has 0 saturated heterocycles. The molecule has 0 atom stereocenters. The fraction of sp³-hybridized carbons (Fsp3) is 0.353. The molecule has 2 aromatic rings. The van der Waals surface area contributed by atoms with Crippen LogP contribution in [0.1, 0.15) is 47.1 Å². The summed E-state index contributed by atoms with van der Waals surface area (Å²) in [6, 6.07) is 5.32. The van der Waals surface area contributed by atoms with Crippen molar-refractivity contribution in [3.8, 4) is 0 Å². The van der Waals surface area contributed by atoms with Crippen molar-refractivity contribution < 1.29 is 9.59 Å². The van der Waals surface area contributed by atoms with Gasteiger partial charge in [-0.15, -0.1) is 0 Å². The Labute approximate surface area is 135 Å². The minimum Gasteiger partial charge on any atom is -0.355 e. The van der Waals surface area contributed by atoms with Gasteiger partial charge < -0.3 is 10.6 Å². The van der Waals surface area contributed by atoms with Crippen molar-refractivity contribution in [2.45, 2.75) is 33.2 Å². The lowest BCUT2D eigenvalue weighted by Crippen LogP contribution is -2.23. The molecule has 0 bridgehead atoms. The maximum absolute atomic E-state index is 12.4. The predicted octanol–water partition coefficient (Wildman–Crippen LogP) is 2.56. The van der Waals surface area contributed by atoms with E-state index < -0.39 is 0 Å². The first kappa shape index (κ1) is 16.7. The summed E-state index contributed by atoms with van der Waals surface area (Å²) in [7, 11) is 1.56. The molecule has 0 aliphatic heterocycles. The lowest BCUT2D eigenvalue weighted by molar-refractivity contribution is 0.0964. The Morgan fingerprint density at radius 3 is 2.43 bits per heavy atom. The highest BCUT2D eigenvalue weighted by atomic mass is 16.2. The smallest absolute Gasteiger partial charge is 0.258 e. The molecule has 23 heavy (non-hydrogen) atoms. The van der Waals surface area contributed by atoms with Crippen LogP contribution in [0.25, 0.3) is 0 Å². The Morgan fingerprint density at radius 2 is 1.87 bits per heavy atom. The van der Waals surface area contributed by atoms with Crippen LogP contribution in [0.3, 0.4) is 0 Å². The van der Waals surface area contributed by atoms with Crippen LogP contribution in [0.2, 0.25) is 0 Å². The molecule has 0 spiro atoms. The minimum atomic E-state index is -0.297. The molecule has 0 saturated carbocycles. The summed E-state index contributed by atoms with van der Waals surface area (Å²) in [6.45, 7) is 7.91. The van der Waals surface area contributed by atoms with Crippen molar-refractivity contribution in [3.63, 3.8) is 0 Å². The van der Waals surface area contributed by atoms with Gasteiger partial charge in [0, 0.05) is 13.2 Å². The first-order valence-corrected chi connectivity index (χ1v) is 7.41. The summed E-state index contributed by atoms with van der Waals surface area (Å²) in [5.41, 5.74) is 2.10. The van der Waals surface area contributed by atoms with Crippen LogP contribution in [0, 0.1) is 6.92 Å². The standard InChI is InChI=1S/C17H22N4O2/c1-11-6-7-14(13(8-11)16(23)18-5)20-15(22)12-9-19-21(10-12)17(2,3)4/h6-10H,1-5H3,(H,18,23)(H,20,22). The van der Waals surface area contributed by atoms with Crippen molar-refractivity contribution in [1.29, 1.82) is 0 Å². The Balaban J connectivity index is 2.27. The van der Waals surface area contributed by atoms with Crippen molar-refractivity contribution >= 4 is 17.5 Å². The van der Waals surface area contributed by atoms with Crippen LogP contribution in [0.5, 0.6) is 0 Å². The van der Waals surface area contributed by atoms with E-state index in [1.54, 1.807) is 30.1 Å². The molecule has 2 N–H and O–H groups in total. The summed E-state index contributed by atoms with van der Waals surface area (Å²) in [6.07, 6.45) is 3.22. The zero-order valence-electron chi connectivity index (χ0n) is 14.1. The van der Waals surface area contributed by atoms with Gasteiger partial charge in [0.05, 0.1) is 28.6 Å². The van der Waals surface area contributed by atoms with Gasteiger partial charge in [0.2, 0.25) is 0 Å². The van der Waals surface area contributed by atoms with E-state index in [0.29, 0.717) is 16.8 Å². The zero-order valence-corrected chi connectivity index (χ0v) is 14.1. The van der Waals surface area contributed by atoms with Gasteiger partial charge in [-0.05, 0) is 39.8 Å². The maximum atomic E-state index is 12.4. The summed E-state index contributed by atoms with van der Waals surface area (Å²) >= 11 is 0. The lowest BCUT2D eigenvalue weighted by atomic mass is 10.1. The van der Waals surface area contributed by atoms with Crippen LogP contribution in [0.4, 0.5) is 5.69 Å². The van der Waals surface area contributed by atoms with Crippen molar-refractivity contribution in [1.82, 2.24) is 15.1 Å². The van der Waals surface area contributed by atoms with E-state index in [1.165, 1.54) is 6.20 Å². The Morgan fingerprint density at radius 1 is 1.17 bits per heavy atom. The average molecular weight is 314 g/mol. The molecule has 0 unspecified atom stereocenters. The molecule has 1 heterocycles. The zero-order chi connectivity index (χ0) is 17.2. The van der Waals surface area contributed by atoms with Gasteiger partial charge in [-0.2, -0.15) is 5.10 Å². The molecule has 0 radical (unpaired) electrons. The number of carbonyl (C=O) groups excluding carboxylic acids is 2. The Bertz CT molecular complexity index is 741. The van der Waals surface area contributed by atoms with E-state index in [1.807, 2.05) is 33.8 Å². The first-order valence-electron chi connectivity index (χ1n) is 7.41. The molecule has 122 valence electrons. The van der Waals surface area contributed by atoms with Gasteiger partial charge in [0.25, 0.3) is 11.8 Å². The topological polar surface area (TPSA) is 76.0 Å². The Kier molecular flexibility index (Phi) is 4.54. The normalized spacial score (nSPS) is 11.2. The van der Waals surface area contributed by atoms with E-state index in [0.717, 1.165) is 5.56 Å². The van der Waals surface area contributed by atoms with Crippen LogP contribution < -0.4 is 10.6 Å². The average Bonchev–Trinajstić information content (AvgIpc) is 2.98. The van der Waals surface area contributed by atoms with E-state index in [-0.39, 0.29) is 17.4 Å². The minimum absolute atomic E-state index is 0.199. The SMILES string of the molecule is CNC(=O)c1cc(C)ccc1NC(=O)c1cnn(C(C)(C)C)c1. The lowest BCUT2D eigenvalue weighted by Gasteiger charge is -2.18. The number of hydrogen-bond acceptors (Lipinski definition) is 3. The van der Waals surface area contributed by atoms with Gasteiger partial charge in [0.15, 0.2) is 0 Å². The number of nitrogens with zero attached hydrogens (tertiary/aromatic N) is 2. The number of rotatable bonds is 3. The number of aromatic nitrogens is 2. The molecule has 6 heteroatoms. The molecule has 2 amide bonds. The van der Waals surface area contributed by atoms with E-state index >= 15 is 0 Å². The fourth-order valence-corrected chi connectivity index (χ4v) is 2.09. The first-order chi connectivity index (χ1) is 10.7. The largest absolute Gasteiger partial charge is 0.355 e. The monoisotopic (exact) mass is 314 g/mol. The summed E-state index contributed by atoms with van der Waals surface area (Å²) in [4.78, 5) is 24.4. The summed E-state index contributed by atoms with van der Waals surface area (Å²) in [5.74, 6) is -0.538. The number of benzene rings is 1. The van der Waals surface area contributed by atoms with Crippen LogP contribution >= 0.6 is 0 Å². The predicted molar refractivity (Wildman–Crippen MR) is 89.7 cm³/mol. The number of aryl methyl sites for hydroxylation is 1. The molecule has 1 aromatic heterocycles. The number of amides is 2. The van der Waals surface area contributed by atoms with Crippen LogP contribution in [-0.4, -0.2) is 28.6 Å². The van der Waals surface area contributed by atoms with Crippen LogP contribution in [-0.2, 0) is 5.54 Å². The second kappa shape index (κ2) is 6.24. The second-order valence-corrected chi connectivity index (χ2v) is 6.43. The van der Waals surface area contributed by atoms with E-state index in [2.05, 4.69) is 15.7 Å². The quantitative estimate of drug-likeness (QED) is 0.914. The third-order valence-electron chi connectivity index (χ3n) is 3.43. The molecule has 6 nitrogen and oxygen atoms in total. The van der Waals surface area contributed by atoms with Gasteiger partial charge in [-0.3, -0.25) is 14.3 Å². The van der Waals surface area contributed by atoms with Gasteiger partial charge >= 0.3 is 0 Å². The van der Waals surface area contributed by atoms with E-state index in [9.17, 15) is 9.59 Å². The molecule has 1 aromatic carbocycles. The van der Waals surface area contributed by atoms with E-state index in [4.69, 9.17) is 0 Å². The highest BCUT2D eigenvalue weighted by Gasteiger charge is 2.18. The van der Waals surface area contributed by atoms with Crippen molar-refractivity contribution in [2.75, 3.05) is 12.4 Å². The molecule has 0 fully saturated rings. The maximum Gasteiger partial charge on any atom is 0.258 e. The number of nitrogens with one attached hydrogen (secondary N) is 2. The summed E-state index contributed by atoms with van der Waals surface area (Å²) < 4.78 is 1.73. The Hall–Kier alpha value is -2.63. The third kappa shape index (κ3) is 3.77. The molecule has 0 aliphatic rings. The number of hydrogen-bond donors (Lipinski definition) is 2. The number of anilines is 1. The van der Waals surface area contributed by atoms with Crippen LogP contribution in [0.15, 0.2) is 30.6 Å². The van der Waals surface area contributed by atoms with Crippen molar-refractivity contribution in [2.24, 2.45) is 0 Å². The third-order valence-corrected chi connectivity index (χ3v) is 3.43. The van der Waals surface area contributed by atoms with Gasteiger partial charge in [-0.25, -0.2) is 0 Å². The molecular formula is C17H22N4O2. The molecular weight excluding hydrogens is 292 g/mol.